The number of aryl methyl sites for hydroxylation is 1. The molecular formula is C13H17N3S. The largest absolute Gasteiger partial charge is 0.317 e. The number of nitrogens with zero attached hydrogens (tertiary/aromatic N) is 2. The Bertz CT molecular complexity index is 481. The van der Waals surface area contributed by atoms with Crippen molar-refractivity contribution in [2.24, 2.45) is 0 Å². The first-order valence-electron chi connectivity index (χ1n) is 6.14. The number of hydrogen-bond acceptors (Lipinski definition) is 3. The lowest BCUT2D eigenvalue weighted by Gasteiger charge is -2.24. The van der Waals surface area contributed by atoms with Crippen molar-refractivity contribution in [1.82, 2.24) is 15.1 Å². The van der Waals surface area contributed by atoms with E-state index in [4.69, 9.17) is 5.10 Å². The summed E-state index contributed by atoms with van der Waals surface area (Å²) in [5.74, 6) is 0. The Labute approximate surface area is 105 Å². The van der Waals surface area contributed by atoms with Crippen LogP contribution in [0.1, 0.15) is 24.6 Å². The maximum atomic E-state index is 4.77. The highest BCUT2D eigenvalue weighted by Gasteiger charge is 2.18. The zero-order chi connectivity index (χ0) is 11.7. The molecule has 1 fully saturated rings. The summed E-state index contributed by atoms with van der Waals surface area (Å²) < 4.78 is 2.22. The van der Waals surface area contributed by atoms with Crippen LogP contribution in [0.5, 0.6) is 0 Å². The number of aromatic nitrogens is 2. The van der Waals surface area contributed by atoms with Crippen molar-refractivity contribution in [1.29, 1.82) is 0 Å². The molecule has 4 heteroatoms. The van der Waals surface area contributed by atoms with Crippen LogP contribution in [0.4, 0.5) is 0 Å². The molecule has 3 nitrogen and oxygen atoms in total. The minimum absolute atomic E-state index is 0.573. The maximum absolute atomic E-state index is 4.77. The van der Waals surface area contributed by atoms with Gasteiger partial charge in [0.2, 0.25) is 0 Å². The monoisotopic (exact) mass is 247 g/mol. The molecule has 0 bridgehead atoms. The third kappa shape index (κ3) is 2.15. The van der Waals surface area contributed by atoms with Crippen molar-refractivity contribution in [3.8, 4) is 11.3 Å². The summed E-state index contributed by atoms with van der Waals surface area (Å²) in [5, 5.41) is 12.4. The van der Waals surface area contributed by atoms with Crippen molar-refractivity contribution < 1.29 is 0 Å². The molecule has 3 rings (SSSR count). The minimum atomic E-state index is 0.573. The molecule has 0 radical (unpaired) electrons. The predicted molar refractivity (Wildman–Crippen MR) is 71.4 cm³/mol. The first-order valence-corrected chi connectivity index (χ1v) is 7.08. The fraction of sp³-hybridized carbons (Fsp3) is 0.462. The van der Waals surface area contributed by atoms with Gasteiger partial charge >= 0.3 is 0 Å². The minimum Gasteiger partial charge on any atom is -0.317 e. The maximum Gasteiger partial charge on any atom is 0.0934 e. The van der Waals surface area contributed by atoms with Gasteiger partial charge in [0.1, 0.15) is 0 Å². The van der Waals surface area contributed by atoms with E-state index in [2.05, 4.69) is 39.8 Å². The van der Waals surface area contributed by atoms with Crippen molar-refractivity contribution in [3.05, 3.63) is 28.6 Å². The van der Waals surface area contributed by atoms with Crippen LogP contribution < -0.4 is 5.32 Å². The molecule has 1 aliphatic rings. The van der Waals surface area contributed by atoms with Crippen molar-refractivity contribution in [2.75, 3.05) is 13.1 Å². The van der Waals surface area contributed by atoms with Crippen molar-refractivity contribution >= 4 is 11.3 Å². The summed E-state index contributed by atoms with van der Waals surface area (Å²) in [7, 11) is 0. The van der Waals surface area contributed by atoms with Crippen LogP contribution in [-0.4, -0.2) is 22.9 Å². The zero-order valence-electron chi connectivity index (χ0n) is 10.0. The quantitative estimate of drug-likeness (QED) is 0.884. The first-order chi connectivity index (χ1) is 8.34. The highest BCUT2D eigenvalue weighted by Crippen LogP contribution is 2.26. The second kappa shape index (κ2) is 4.63. The molecule has 1 N–H and O–H groups in total. The van der Waals surface area contributed by atoms with E-state index in [9.17, 15) is 0 Å². The van der Waals surface area contributed by atoms with E-state index in [-0.39, 0.29) is 0 Å². The van der Waals surface area contributed by atoms with Gasteiger partial charge in [-0.15, -0.1) is 0 Å². The van der Waals surface area contributed by atoms with Crippen LogP contribution in [0, 0.1) is 6.92 Å². The molecule has 90 valence electrons. The third-order valence-electron chi connectivity index (χ3n) is 3.39. The van der Waals surface area contributed by atoms with Crippen molar-refractivity contribution in [2.45, 2.75) is 25.8 Å². The smallest absolute Gasteiger partial charge is 0.0934 e. The van der Waals surface area contributed by atoms with E-state index in [1.54, 1.807) is 11.3 Å². The highest BCUT2D eigenvalue weighted by atomic mass is 32.1. The fourth-order valence-electron chi connectivity index (χ4n) is 2.46. The van der Waals surface area contributed by atoms with E-state index in [0.717, 1.165) is 18.8 Å². The Morgan fingerprint density at radius 1 is 1.41 bits per heavy atom. The second-order valence-corrected chi connectivity index (χ2v) is 5.39. The molecule has 0 unspecified atom stereocenters. The van der Waals surface area contributed by atoms with Crippen LogP contribution in [0.15, 0.2) is 22.9 Å². The van der Waals surface area contributed by atoms with E-state index < -0.39 is 0 Å². The summed E-state index contributed by atoms with van der Waals surface area (Å²) in [6.07, 6.45) is 2.37. The predicted octanol–water partition coefficient (Wildman–Crippen LogP) is 2.84. The third-order valence-corrected chi connectivity index (χ3v) is 4.08. The average Bonchev–Trinajstić information content (AvgIpc) is 2.99. The molecular weight excluding hydrogens is 230 g/mol. The van der Waals surface area contributed by atoms with Gasteiger partial charge in [-0.2, -0.15) is 16.4 Å². The van der Waals surface area contributed by atoms with Gasteiger partial charge in [-0.25, -0.2) is 0 Å². The van der Waals surface area contributed by atoms with Crippen LogP contribution in [0.25, 0.3) is 11.3 Å². The van der Waals surface area contributed by atoms with Gasteiger partial charge in [0.25, 0.3) is 0 Å². The van der Waals surface area contributed by atoms with Gasteiger partial charge in [-0.1, -0.05) is 0 Å². The van der Waals surface area contributed by atoms with Gasteiger partial charge < -0.3 is 5.32 Å². The van der Waals surface area contributed by atoms with Gasteiger partial charge in [0.05, 0.1) is 11.7 Å². The lowest BCUT2D eigenvalue weighted by Crippen LogP contribution is -2.30. The molecule has 2 aromatic rings. The zero-order valence-corrected chi connectivity index (χ0v) is 10.8. The molecule has 3 heterocycles. The second-order valence-electron chi connectivity index (χ2n) is 4.61. The molecule has 0 aliphatic carbocycles. The van der Waals surface area contributed by atoms with E-state index in [1.807, 2.05) is 0 Å². The average molecular weight is 247 g/mol. The molecule has 0 spiro atoms. The lowest BCUT2D eigenvalue weighted by atomic mass is 10.1. The SMILES string of the molecule is Cc1cc(-c2ccsc2)nn1C1CCNCC1. The number of thiophene rings is 1. The number of hydrogen-bond donors (Lipinski definition) is 1. The Hall–Kier alpha value is -1.13. The molecule has 1 saturated heterocycles. The number of piperidine rings is 1. The van der Waals surface area contributed by atoms with Crippen LogP contribution in [0.2, 0.25) is 0 Å². The topological polar surface area (TPSA) is 29.9 Å². The molecule has 17 heavy (non-hydrogen) atoms. The highest BCUT2D eigenvalue weighted by molar-refractivity contribution is 7.08. The lowest BCUT2D eigenvalue weighted by molar-refractivity contribution is 0.339. The van der Waals surface area contributed by atoms with E-state index >= 15 is 0 Å². The van der Waals surface area contributed by atoms with Crippen LogP contribution in [0.3, 0.4) is 0 Å². The Morgan fingerprint density at radius 2 is 2.24 bits per heavy atom. The summed E-state index contributed by atoms with van der Waals surface area (Å²) in [6, 6.07) is 4.91. The standard InChI is InChI=1S/C13H17N3S/c1-10-8-13(11-4-7-17-9-11)15-16(10)12-2-5-14-6-3-12/h4,7-9,12,14H,2-3,5-6H2,1H3. The summed E-state index contributed by atoms with van der Waals surface area (Å²) >= 11 is 1.73. The Kier molecular flexibility index (Phi) is 2.99. The molecule has 0 atom stereocenters. The molecule has 0 aromatic carbocycles. The Morgan fingerprint density at radius 3 is 2.94 bits per heavy atom. The summed E-state index contributed by atoms with van der Waals surface area (Å²) in [4.78, 5) is 0. The van der Waals surface area contributed by atoms with E-state index in [1.165, 1.54) is 24.1 Å². The van der Waals surface area contributed by atoms with Gasteiger partial charge in [0.15, 0.2) is 0 Å². The van der Waals surface area contributed by atoms with Gasteiger partial charge in [0, 0.05) is 16.6 Å². The van der Waals surface area contributed by atoms with Gasteiger partial charge in [-0.3, -0.25) is 4.68 Å². The molecule has 1 aliphatic heterocycles. The first kappa shape index (κ1) is 11.0. The molecule has 0 amide bonds. The fourth-order valence-corrected chi connectivity index (χ4v) is 3.11. The summed E-state index contributed by atoms with van der Waals surface area (Å²) in [5.41, 5.74) is 3.63. The number of nitrogens with one attached hydrogen (secondary N) is 1. The number of rotatable bonds is 2. The van der Waals surface area contributed by atoms with E-state index in [0.29, 0.717) is 6.04 Å². The van der Waals surface area contributed by atoms with Gasteiger partial charge in [-0.05, 0) is 50.4 Å². The molecule has 2 aromatic heterocycles. The van der Waals surface area contributed by atoms with Crippen LogP contribution >= 0.6 is 11.3 Å². The Balaban J connectivity index is 1.90. The molecule has 0 saturated carbocycles. The van der Waals surface area contributed by atoms with Crippen LogP contribution in [-0.2, 0) is 0 Å². The van der Waals surface area contributed by atoms with Crippen molar-refractivity contribution in [3.63, 3.8) is 0 Å². The summed E-state index contributed by atoms with van der Waals surface area (Å²) in [6.45, 7) is 4.38. The normalized spacial score (nSPS) is 17.5.